The van der Waals surface area contributed by atoms with Gasteiger partial charge in [-0.25, -0.2) is 13.2 Å². The van der Waals surface area contributed by atoms with E-state index in [1.54, 1.807) is 0 Å². The first kappa shape index (κ1) is 23.7. The topological polar surface area (TPSA) is 9.23 Å². The van der Waals surface area contributed by atoms with Gasteiger partial charge < -0.3 is 4.74 Å². The molecule has 1 aliphatic heterocycles. The molecule has 0 bridgehead atoms. The summed E-state index contributed by atoms with van der Waals surface area (Å²) in [6.07, 6.45) is 1.56. The van der Waals surface area contributed by atoms with Gasteiger partial charge in [0.15, 0.2) is 5.82 Å². The number of hydrogen-bond acceptors (Lipinski definition) is 1. The Balaban J connectivity index is 1.47. The van der Waals surface area contributed by atoms with E-state index in [4.69, 9.17) is 4.74 Å². The number of ether oxygens (including phenoxy) is 1. The van der Waals surface area contributed by atoms with E-state index in [2.05, 4.69) is 0 Å². The first-order chi connectivity index (χ1) is 16.7. The van der Waals surface area contributed by atoms with Crippen molar-refractivity contribution in [2.75, 3.05) is 6.61 Å². The SMILES string of the molecule is Fc1cc2cc(-c3ccc4c(c3)CCC(C3CCCCO3)C4)cc(F)c2c(F)c1C#CC(F)(F)F. The lowest BCUT2D eigenvalue weighted by Gasteiger charge is -2.34. The highest BCUT2D eigenvalue weighted by atomic mass is 19.4. The van der Waals surface area contributed by atoms with Gasteiger partial charge in [-0.3, -0.25) is 0 Å². The molecule has 2 atom stereocenters. The summed E-state index contributed by atoms with van der Waals surface area (Å²) < 4.78 is 87.2. The largest absolute Gasteiger partial charge is 0.458 e. The van der Waals surface area contributed by atoms with E-state index < -0.39 is 34.6 Å². The van der Waals surface area contributed by atoms with Crippen molar-refractivity contribution in [1.29, 1.82) is 0 Å². The molecule has 0 radical (unpaired) electrons. The summed E-state index contributed by atoms with van der Waals surface area (Å²) >= 11 is 0. The van der Waals surface area contributed by atoms with Crippen molar-refractivity contribution in [3.63, 3.8) is 0 Å². The quantitative estimate of drug-likeness (QED) is 0.268. The number of rotatable bonds is 2. The van der Waals surface area contributed by atoms with Crippen LogP contribution < -0.4 is 0 Å². The van der Waals surface area contributed by atoms with E-state index in [-0.39, 0.29) is 5.39 Å². The van der Waals surface area contributed by atoms with Crippen molar-refractivity contribution >= 4 is 10.8 Å². The van der Waals surface area contributed by atoms with Gasteiger partial charge in [0.1, 0.15) is 11.6 Å². The summed E-state index contributed by atoms with van der Waals surface area (Å²) in [5, 5.41) is -0.672. The van der Waals surface area contributed by atoms with Gasteiger partial charge in [0, 0.05) is 12.5 Å². The van der Waals surface area contributed by atoms with Gasteiger partial charge in [0.25, 0.3) is 0 Å². The van der Waals surface area contributed by atoms with Crippen molar-refractivity contribution in [1.82, 2.24) is 0 Å². The van der Waals surface area contributed by atoms with E-state index in [1.165, 1.54) is 24.0 Å². The molecular formula is C28H22F6O. The molecule has 0 amide bonds. The van der Waals surface area contributed by atoms with Crippen LogP contribution in [0.15, 0.2) is 36.4 Å². The predicted molar refractivity (Wildman–Crippen MR) is 121 cm³/mol. The maximum Gasteiger partial charge on any atom is 0.458 e. The molecule has 0 aromatic heterocycles. The van der Waals surface area contributed by atoms with Crippen LogP contribution in [0.25, 0.3) is 21.9 Å². The van der Waals surface area contributed by atoms with Crippen molar-refractivity contribution in [3.05, 3.63) is 70.5 Å². The highest BCUT2D eigenvalue weighted by Crippen LogP contribution is 2.36. The fourth-order valence-corrected chi connectivity index (χ4v) is 5.24. The molecule has 2 unspecified atom stereocenters. The number of fused-ring (bicyclic) bond motifs is 2. The molecule has 2 aliphatic rings. The zero-order valence-corrected chi connectivity index (χ0v) is 18.7. The molecule has 182 valence electrons. The number of hydrogen-bond donors (Lipinski definition) is 0. The molecule has 3 aromatic carbocycles. The second kappa shape index (κ2) is 9.23. The minimum absolute atomic E-state index is 0.0835. The minimum atomic E-state index is -4.92. The predicted octanol–water partition coefficient (Wildman–Crippen LogP) is 7.51. The monoisotopic (exact) mass is 488 g/mol. The smallest absolute Gasteiger partial charge is 0.378 e. The lowest BCUT2D eigenvalue weighted by Crippen LogP contribution is -2.32. The Morgan fingerprint density at radius 2 is 1.69 bits per heavy atom. The van der Waals surface area contributed by atoms with E-state index in [0.717, 1.165) is 62.3 Å². The summed E-state index contributed by atoms with van der Waals surface area (Å²) in [6.45, 7) is 0.818. The average molecular weight is 488 g/mol. The molecule has 1 fully saturated rings. The van der Waals surface area contributed by atoms with E-state index >= 15 is 0 Å². The molecule has 1 aliphatic carbocycles. The maximum absolute atomic E-state index is 14.9. The second-order valence-corrected chi connectivity index (χ2v) is 9.24. The van der Waals surface area contributed by atoms with Gasteiger partial charge in [0.05, 0.1) is 17.1 Å². The normalized spacial score (nSPS) is 20.3. The van der Waals surface area contributed by atoms with Gasteiger partial charge in [-0.15, -0.1) is 0 Å². The fourth-order valence-electron chi connectivity index (χ4n) is 5.24. The van der Waals surface area contributed by atoms with Crippen molar-refractivity contribution in [3.8, 4) is 23.0 Å². The summed E-state index contributed by atoms with van der Waals surface area (Å²) in [5.74, 6) is -0.944. The molecule has 7 heteroatoms. The van der Waals surface area contributed by atoms with Gasteiger partial charge >= 0.3 is 6.18 Å². The summed E-state index contributed by atoms with van der Waals surface area (Å²) in [4.78, 5) is 0. The molecule has 3 aromatic rings. The Bertz CT molecular complexity index is 1340. The highest BCUT2D eigenvalue weighted by molar-refractivity contribution is 5.90. The zero-order chi connectivity index (χ0) is 24.7. The van der Waals surface area contributed by atoms with Crippen LogP contribution in [-0.4, -0.2) is 18.9 Å². The van der Waals surface area contributed by atoms with Crippen molar-refractivity contribution in [2.24, 2.45) is 5.92 Å². The third-order valence-electron chi connectivity index (χ3n) is 6.96. The first-order valence-electron chi connectivity index (χ1n) is 11.6. The number of benzene rings is 3. The third-order valence-corrected chi connectivity index (χ3v) is 6.96. The fraction of sp³-hybridized carbons (Fsp3) is 0.357. The van der Waals surface area contributed by atoms with E-state index in [1.807, 2.05) is 18.2 Å². The molecule has 1 heterocycles. The van der Waals surface area contributed by atoms with Crippen LogP contribution in [0.1, 0.15) is 42.4 Å². The second-order valence-electron chi connectivity index (χ2n) is 9.24. The van der Waals surface area contributed by atoms with E-state index in [0.29, 0.717) is 23.1 Å². The number of halogens is 6. The minimum Gasteiger partial charge on any atom is -0.378 e. The van der Waals surface area contributed by atoms with Gasteiger partial charge in [0.2, 0.25) is 0 Å². The summed E-state index contributed by atoms with van der Waals surface area (Å²) in [5.41, 5.74) is 2.42. The molecule has 35 heavy (non-hydrogen) atoms. The van der Waals surface area contributed by atoms with Crippen LogP contribution in [0.5, 0.6) is 0 Å². The standard InChI is InChI=1S/C28H22F6O/c29-23-15-21-13-20(14-24(30)26(21)27(31)22(23)8-9-28(32,33)34)18-5-4-17-12-19(7-6-16(17)11-18)25-3-1-2-10-35-25/h4-5,11,13-15,19,25H,1-3,6-7,10,12H2. The molecule has 1 nitrogen and oxygen atoms in total. The molecule has 0 saturated carbocycles. The van der Waals surface area contributed by atoms with E-state index in [9.17, 15) is 26.3 Å². The Hall–Kier alpha value is -2.98. The molecule has 5 rings (SSSR count). The van der Waals surface area contributed by atoms with Crippen LogP contribution in [0.3, 0.4) is 0 Å². The Labute approximate surface area is 199 Å². The molecule has 1 saturated heterocycles. The first-order valence-corrected chi connectivity index (χ1v) is 11.6. The van der Waals surface area contributed by atoms with Crippen LogP contribution >= 0.6 is 0 Å². The molecule has 0 spiro atoms. The maximum atomic E-state index is 14.9. The average Bonchev–Trinajstić information content (AvgIpc) is 2.82. The highest BCUT2D eigenvalue weighted by Gasteiger charge is 2.29. The summed E-state index contributed by atoms with van der Waals surface area (Å²) in [7, 11) is 0. The Kier molecular flexibility index (Phi) is 6.27. The van der Waals surface area contributed by atoms with Gasteiger partial charge in [-0.1, -0.05) is 24.1 Å². The molecular weight excluding hydrogens is 466 g/mol. The zero-order valence-electron chi connectivity index (χ0n) is 18.7. The number of alkyl halides is 3. The van der Waals surface area contributed by atoms with Crippen molar-refractivity contribution < 1.29 is 31.1 Å². The van der Waals surface area contributed by atoms with Crippen LogP contribution in [-0.2, 0) is 17.6 Å². The van der Waals surface area contributed by atoms with Crippen molar-refractivity contribution in [2.45, 2.75) is 50.8 Å². The van der Waals surface area contributed by atoms with Gasteiger partial charge in [-0.05, 0) is 90.3 Å². The number of aryl methyl sites for hydroxylation is 1. The molecule has 0 N–H and O–H groups in total. The van der Waals surface area contributed by atoms with Gasteiger partial charge in [-0.2, -0.15) is 13.2 Å². The van der Waals surface area contributed by atoms with Crippen LogP contribution in [0, 0.1) is 35.2 Å². The Morgan fingerprint density at radius 1 is 0.857 bits per heavy atom. The van der Waals surface area contributed by atoms with Crippen LogP contribution in [0.2, 0.25) is 0 Å². The third kappa shape index (κ3) is 4.90. The Morgan fingerprint density at radius 3 is 2.43 bits per heavy atom. The van der Waals surface area contributed by atoms with Crippen LogP contribution in [0.4, 0.5) is 26.3 Å². The lowest BCUT2D eigenvalue weighted by atomic mass is 9.78. The summed E-state index contributed by atoms with van der Waals surface area (Å²) in [6, 6.07) is 9.22. The lowest BCUT2D eigenvalue weighted by molar-refractivity contribution is -0.0696.